The number of hydrogen-bond donors (Lipinski definition) is 2. The van der Waals surface area contributed by atoms with Crippen LogP contribution in [0.5, 0.6) is 0 Å². The molecule has 3 N–H and O–H groups in total. The van der Waals surface area contributed by atoms with Crippen molar-refractivity contribution in [2.24, 2.45) is 17.1 Å². The van der Waals surface area contributed by atoms with Gasteiger partial charge in [-0.15, -0.1) is 0 Å². The molecular formula is C13H22N2O2S. The molecule has 1 aliphatic heterocycles. The quantitative estimate of drug-likeness (QED) is 0.757. The Hall–Kier alpha value is -0.680. The predicted octanol–water partition coefficient (Wildman–Crippen LogP) is 1.38. The van der Waals surface area contributed by atoms with Crippen LogP contribution in [-0.4, -0.2) is 30.7 Å². The first kappa shape index (κ1) is 13.7. The highest BCUT2D eigenvalue weighted by Crippen LogP contribution is 2.32. The molecule has 4 nitrogen and oxygen atoms in total. The van der Waals surface area contributed by atoms with Crippen LogP contribution in [0.1, 0.15) is 38.5 Å². The fraction of sp³-hybridized carbons (Fsp3) is 0.846. The van der Waals surface area contributed by atoms with Gasteiger partial charge in [0, 0.05) is 19.8 Å². The molecule has 2 rings (SSSR count). The number of nitrogens with one attached hydrogen (secondary N) is 1. The van der Waals surface area contributed by atoms with Crippen LogP contribution in [-0.2, 0) is 9.53 Å². The van der Waals surface area contributed by atoms with Crippen molar-refractivity contribution in [1.29, 1.82) is 0 Å². The number of ether oxygens (including phenoxy) is 1. The smallest absolute Gasteiger partial charge is 0.233 e. The molecule has 0 spiro atoms. The van der Waals surface area contributed by atoms with Crippen molar-refractivity contribution in [1.82, 2.24) is 5.32 Å². The minimum Gasteiger partial charge on any atom is -0.392 e. The molecule has 1 heterocycles. The van der Waals surface area contributed by atoms with E-state index >= 15 is 0 Å². The fourth-order valence-electron chi connectivity index (χ4n) is 2.93. The number of hydrogen-bond acceptors (Lipinski definition) is 3. The molecule has 1 aliphatic carbocycles. The van der Waals surface area contributed by atoms with Gasteiger partial charge in [-0.25, -0.2) is 0 Å². The van der Waals surface area contributed by atoms with Gasteiger partial charge in [0.15, 0.2) is 0 Å². The number of rotatable bonds is 4. The molecule has 0 aromatic carbocycles. The van der Waals surface area contributed by atoms with E-state index in [1.54, 1.807) is 0 Å². The van der Waals surface area contributed by atoms with Crippen molar-refractivity contribution in [2.75, 3.05) is 19.8 Å². The Kier molecular flexibility index (Phi) is 4.56. The second-order valence-electron chi connectivity index (χ2n) is 5.42. The minimum absolute atomic E-state index is 0.00481. The Bertz CT molecular complexity index is 321. The number of thiocarbonyl (C=S) groups is 1. The molecule has 102 valence electrons. The molecular weight excluding hydrogens is 248 g/mol. The molecule has 0 aromatic heterocycles. The van der Waals surface area contributed by atoms with E-state index < -0.39 is 5.41 Å². The molecule has 0 unspecified atom stereocenters. The normalized spacial score (nSPS) is 23.8. The third kappa shape index (κ3) is 2.83. The van der Waals surface area contributed by atoms with Gasteiger partial charge in [-0.1, -0.05) is 25.1 Å². The van der Waals surface area contributed by atoms with Gasteiger partial charge in [0.05, 0.1) is 4.99 Å². The van der Waals surface area contributed by atoms with E-state index in [1.165, 1.54) is 25.7 Å². The molecule has 0 aromatic rings. The van der Waals surface area contributed by atoms with Crippen molar-refractivity contribution in [3.63, 3.8) is 0 Å². The summed E-state index contributed by atoms with van der Waals surface area (Å²) in [7, 11) is 0. The fourth-order valence-corrected chi connectivity index (χ4v) is 3.22. The van der Waals surface area contributed by atoms with Gasteiger partial charge in [-0.2, -0.15) is 0 Å². The molecule has 2 fully saturated rings. The Labute approximate surface area is 114 Å². The van der Waals surface area contributed by atoms with E-state index in [1.807, 2.05) is 0 Å². The Morgan fingerprint density at radius 2 is 1.94 bits per heavy atom. The van der Waals surface area contributed by atoms with Crippen molar-refractivity contribution in [3.8, 4) is 0 Å². The highest BCUT2D eigenvalue weighted by Gasteiger charge is 2.42. The van der Waals surface area contributed by atoms with Crippen molar-refractivity contribution >= 4 is 23.1 Å². The highest BCUT2D eigenvalue weighted by atomic mass is 32.1. The monoisotopic (exact) mass is 270 g/mol. The van der Waals surface area contributed by atoms with Crippen molar-refractivity contribution in [2.45, 2.75) is 38.5 Å². The first-order valence-electron chi connectivity index (χ1n) is 6.81. The lowest BCUT2D eigenvalue weighted by Crippen LogP contribution is -2.52. The first-order valence-corrected chi connectivity index (χ1v) is 7.22. The maximum absolute atomic E-state index is 12.4. The van der Waals surface area contributed by atoms with Crippen LogP contribution in [0.15, 0.2) is 0 Å². The number of amides is 1. The van der Waals surface area contributed by atoms with Crippen LogP contribution in [0.25, 0.3) is 0 Å². The molecule has 0 radical (unpaired) electrons. The lowest BCUT2D eigenvalue weighted by molar-refractivity contribution is -0.131. The predicted molar refractivity (Wildman–Crippen MR) is 74.2 cm³/mol. The number of nitrogens with two attached hydrogens (primary N) is 1. The van der Waals surface area contributed by atoms with Gasteiger partial charge in [-0.3, -0.25) is 4.79 Å². The minimum atomic E-state index is -0.674. The van der Waals surface area contributed by atoms with Crippen LogP contribution in [0.3, 0.4) is 0 Å². The molecule has 0 bridgehead atoms. The average molecular weight is 270 g/mol. The number of carbonyl (C=O) groups is 1. The van der Waals surface area contributed by atoms with Crippen LogP contribution in [0.2, 0.25) is 0 Å². The molecule has 0 atom stereocenters. The van der Waals surface area contributed by atoms with E-state index in [-0.39, 0.29) is 5.91 Å². The van der Waals surface area contributed by atoms with Gasteiger partial charge in [0.1, 0.15) is 5.41 Å². The van der Waals surface area contributed by atoms with Crippen molar-refractivity contribution < 1.29 is 9.53 Å². The molecule has 1 amide bonds. The van der Waals surface area contributed by atoms with Gasteiger partial charge in [-0.05, 0) is 31.6 Å². The molecule has 18 heavy (non-hydrogen) atoms. The third-order valence-corrected chi connectivity index (χ3v) is 4.67. The van der Waals surface area contributed by atoms with Gasteiger partial charge < -0.3 is 15.8 Å². The molecule has 1 saturated carbocycles. The van der Waals surface area contributed by atoms with Crippen molar-refractivity contribution in [3.05, 3.63) is 0 Å². The summed E-state index contributed by atoms with van der Waals surface area (Å²) < 4.78 is 5.31. The standard InChI is InChI=1S/C13H22N2O2S/c14-11(18)13(5-7-17-8-6-13)12(16)15-9-10-3-1-2-4-10/h10H,1-9H2,(H2,14,18)(H,15,16). The Morgan fingerprint density at radius 1 is 1.33 bits per heavy atom. The summed E-state index contributed by atoms with van der Waals surface area (Å²) in [6, 6.07) is 0. The molecule has 2 aliphatic rings. The first-order chi connectivity index (χ1) is 8.65. The zero-order chi connectivity index (χ0) is 13.0. The second kappa shape index (κ2) is 5.97. The summed E-state index contributed by atoms with van der Waals surface area (Å²) >= 11 is 5.11. The summed E-state index contributed by atoms with van der Waals surface area (Å²) in [5.74, 6) is 0.641. The summed E-state index contributed by atoms with van der Waals surface area (Å²) in [4.78, 5) is 12.7. The SMILES string of the molecule is NC(=S)C1(C(=O)NCC2CCCC2)CCOCC1. The largest absolute Gasteiger partial charge is 0.392 e. The van der Waals surface area contributed by atoms with Crippen LogP contribution in [0, 0.1) is 11.3 Å². The summed E-state index contributed by atoms with van der Waals surface area (Å²) in [6.45, 7) is 1.90. The second-order valence-corrected chi connectivity index (χ2v) is 5.86. The maximum Gasteiger partial charge on any atom is 0.233 e. The average Bonchev–Trinajstić information content (AvgIpc) is 2.89. The third-order valence-electron chi connectivity index (χ3n) is 4.28. The zero-order valence-electron chi connectivity index (χ0n) is 10.7. The van der Waals surface area contributed by atoms with Crippen LogP contribution < -0.4 is 11.1 Å². The molecule has 5 heteroatoms. The van der Waals surface area contributed by atoms with Crippen LogP contribution in [0.4, 0.5) is 0 Å². The Morgan fingerprint density at radius 3 is 2.50 bits per heavy atom. The van der Waals surface area contributed by atoms with E-state index in [4.69, 9.17) is 22.7 Å². The maximum atomic E-state index is 12.4. The van der Waals surface area contributed by atoms with Crippen LogP contribution >= 0.6 is 12.2 Å². The number of carbonyl (C=O) groups excluding carboxylic acids is 1. The molecule has 1 saturated heterocycles. The van der Waals surface area contributed by atoms with E-state index in [0.29, 0.717) is 37.0 Å². The van der Waals surface area contributed by atoms with Gasteiger partial charge >= 0.3 is 0 Å². The summed E-state index contributed by atoms with van der Waals surface area (Å²) in [5, 5.41) is 3.05. The van der Waals surface area contributed by atoms with E-state index in [0.717, 1.165) is 6.54 Å². The van der Waals surface area contributed by atoms with Gasteiger partial charge in [0.2, 0.25) is 5.91 Å². The summed E-state index contributed by atoms with van der Waals surface area (Å²) in [5.41, 5.74) is 5.13. The lowest BCUT2D eigenvalue weighted by Gasteiger charge is -2.35. The lowest BCUT2D eigenvalue weighted by atomic mass is 9.79. The summed E-state index contributed by atoms with van der Waals surface area (Å²) in [6.07, 6.45) is 6.24. The van der Waals surface area contributed by atoms with Gasteiger partial charge in [0.25, 0.3) is 0 Å². The topological polar surface area (TPSA) is 64.4 Å². The Balaban J connectivity index is 1.93. The zero-order valence-corrected chi connectivity index (χ0v) is 11.6. The van der Waals surface area contributed by atoms with E-state index in [9.17, 15) is 4.79 Å². The van der Waals surface area contributed by atoms with E-state index in [2.05, 4.69) is 5.32 Å². The highest BCUT2D eigenvalue weighted by molar-refractivity contribution is 7.80.